The molecule has 0 atom stereocenters. The summed E-state index contributed by atoms with van der Waals surface area (Å²) in [4.78, 5) is 31.0. The van der Waals surface area contributed by atoms with Crippen molar-refractivity contribution in [2.24, 2.45) is 0 Å². The minimum absolute atomic E-state index is 0.212. The molecule has 12 heteroatoms. The number of carbonyl (C=O) groups is 1. The van der Waals surface area contributed by atoms with Gasteiger partial charge in [0.2, 0.25) is 0 Å². The Labute approximate surface area is 211 Å². The van der Waals surface area contributed by atoms with Crippen LogP contribution >= 0.6 is 34.3 Å². The molecule has 0 aliphatic rings. The van der Waals surface area contributed by atoms with Gasteiger partial charge in [-0.15, -0.1) is 22.7 Å². The summed E-state index contributed by atoms with van der Waals surface area (Å²) in [6, 6.07) is 8.63. The standard InChI is InChI=1S/C23H17ClN6O3S2/c1-2-18-16(4-6-21(31)29(18)12-14-10-27-33-13-14)17-9-20(26-11-15-3-5-19(24)35-15)30(28-17)23(32)22-25-7-8-34-22/h2-10,13,26H,1,11-12H2. The maximum absolute atomic E-state index is 13.2. The lowest BCUT2D eigenvalue weighted by molar-refractivity contribution is 0.0947. The summed E-state index contributed by atoms with van der Waals surface area (Å²) in [5.74, 6) is 0.118. The van der Waals surface area contributed by atoms with Gasteiger partial charge in [0, 0.05) is 39.7 Å². The van der Waals surface area contributed by atoms with E-state index in [0.717, 1.165) is 10.4 Å². The summed E-state index contributed by atoms with van der Waals surface area (Å²) >= 11 is 8.73. The Balaban J connectivity index is 1.57. The first-order valence-electron chi connectivity index (χ1n) is 10.3. The molecule has 35 heavy (non-hydrogen) atoms. The quantitative estimate of drug-likeness (QED) is 0.308. The van der Waals surface area contributed by atoms with Crippen molar-refractivity contribution in [2.45, 2.75) is 13.1 Å². The van der Waals surface area contributed by atoms with E-state index < -0.39 is 0 Å². The number of thiophene rings is 1. The minimum atomic E-state index is -0.365. The van der Waals surface area contributed by atoms with Crippen LogP contribution in [0.4, 0.5) is 5.82 Å². The number of nitrogens with one attached hydrogen (secondary N) is 1. The van der Waals surface area contributed by atoms with Crippen LogP contribution in [0, 0.1) is 0 Å². The van der Waals surface area contributed by atoms with Gasteiger partial charge in [0.05, 0.1) is 35.0 Å². The molecular weight excluding hydrogens is 508 g/mol. The molecule has 0 aromatic carbocycles. The third kappa shape index (κ3) is 4.74. The Morgan fingerprint density at radius 1 is 1.29 bits per heavy atom. The van der Waals surface area contributed by atoms with Crippen molar-refractivity contribution >= 4 is 52.1 Å². The number of aromatic nitrogens is 5. The molecule has 0 spiro atoms. The second-order valence-corrected chi connectivity index (χ2v) is 10.0. The third-order valence-corrected chi connectivity index (χ3v) is 7.10. The highest BCUT2D eigenvalue weighted by Crippen LogP contribution is 2.28. The first-order chi connectivity index (χ1) is 17.0. The lowest BCUT2D eigenvalue weighted by atomic mass is 10.1. The number of nitrogens with zero attached hydrogens (tertiary/aromatic N) is 5. The minimum Gasteiger partial charge on any atom is -0.365 e. The van der Waals surface area contributed by atoms with E-state index in [4.69, 9.17) is 16.1 Å². The zero-order chi connectivity index (χ0) is 24.4. The largest absolute Gasteiger partial charge is 0.365 e. The summed E-state index contributed by atoms with van der Waals surface area (Å²) in [5.41, 5.74) is 2.21. The summed E-state index contributed by atoms with van der Waals surface area (Å²) in [7, 11) is 0. The highest BCUT2D eigenvalue weighted by Gasteiger charge is 2.21. The number of halogens is 1. The van der Waals surface area contributed by atoms with Crippen LogP contribution in [0.2, 0.25) is 4.34 Å². The smallest absolute Gasteiger partial charge is 0.309 e. The number of thiazole rings is 1. The molecule has 1 N–H and O–H groups in total. The first kappa shape index (κ1) is 23.0. The van der Waals surface area contributed by atoms with Crippen LogP contribution in [0.3, 0.4) is 0 Å². The normalized spacial score (nSPS) is 11.0. The van der Waals surface area contributed by atoms with Crippen LogP contribution < -0.4 is 10.9 Å². The summed E-state index contributed by atoms with van der Waals surface area (Å²) in [6.07, 6.45) is 6.19. The molecule has 0 aliphatic carbocycles. The van der Waals surface area contributed by atoms with Crippen LogP contribution in [-0.4, -0.2) is 30.4 Å². The number of pyridine rings is 1. The Hall–Kier alpha value is -3.80. The average Bonchev–Trinajstić information content (AvgIpc) is 3.66. The fraction of sp³-hybridized carbons (Fsp3) is 0.0870. The van der Waals surface area contributed by atoms with Crippen LogP contribution in [0.15, 0.2) is 70.3 Å². The molecule has 9 nitrogen and oxygen atoms in total. The van der Waals surface area contributed by atoms with Crippen molar-refractivity contribution < 1.29 is 9.32 Å². The van der Waals surface area contributed by atoms with Crippen LogP contribution in [0.25, 0.3) is 17.3 Å². The second kappa shape index (κ2) is 9.82. The van der Waals surface area contributed by atoms with Crippen molar-refractivity contribution in [1.82, 2.24) is 24.5 Å². The molecule has 0 fully saturated rings. The lowest BCUT2D eigenvalue weighted by Crippen LogP contribution is -2.22. The van der Waals surface area contributed by atoms with Crippen molar-refractivity contribution in [3.05, 3.63) is 96.8 Å². The van der Waals surface area contributed by atoms with E-state index in [1.165, 1.54) is 39.7 Å². The van der Waals surface area contributed by atoms with E-state index in [-0.39, 0.29) is 18.0 Å². The fourth-order valence-electron chi connectivity index (χ4n) is 3.52. The van der Waals surface area contributed by atoms with Gasteiger partial charge in [-0.1, -0.05) is 23.3 Å². The molecule has 0 amide bonds. The predicted octanol–water partition coefficient (Wildman–Crippen LogP) is 4.86. The molecule has 176 valence electrons. The van der Waals surface area contributed by atoms with E-state index >= 15 is 0 Å². The van der Waals surface area contributed by atoms with Crippen molar-refractivity contribution in [2.75, 3.05) is 5.32 Å². The van der Waals surface area contributed by atoms with Crippen LogP contribution in [-0.2, 0) is 13.1 Å². The van der Waals surface area contributed by atoms with E-state index in [2.05, 4.69) is 27.1 Å². The summed E-state index contributed by atoms with van der Waals surface area (Å²) < 4.78 is 8.41. The third-order valence-electron chi connectivity index (χ3n) is 5.11. The van der Waals surface area contributed by atoms with Crippen molar-refractivity contribution in [1.29, 1.82) is 0 Å². The highest BCUT2D eigenvalue weighted by molar-refractivity contribution is 7.16. The number of anilines is 1. The molecule has 5 aromatic rings. The zero-order valence-electron chi connectivity index (χ0n) is 18.1. The van der Waals surface area contributed by atoms with Crippen molar-refractivity contribution in [3.8, 4) is 11.3 Å². The van der Waals surface area contributed by atoms with Gasteiger partial charge < -0.3 is 14.4 Å². The lowest BCUT2D eigenvalue weighted by Gasteiger charge is -2.12. The Morgan fingerprint density at radius 2 is 2.17 bits per heavy atom. The van der Waals surface area contributed by atoms with Crippen LogP contribution in [0.5, 0.6) is 0 Å². The summed E-state index contributed by atoms with van der Waals surface area (Å²) in [5, 5.41) is 13.6. The molecule has 5 aromatic heterocycles. The SMILES string of the molecule is C=Cc1c(-c2cc(NCc3ccc(Cl)s3)n(C(=O)c3nccs3)n2)ccc(=O)n1Cc1cnoc1. The fourth-order valence-corrected chi connectivity index (χ4v) is 5.11. The van der Waals surface area contributed by atoms with Gasteiger partial charge in [-0.05, 0) is 24.3 Å². The summed E-state index contributed by atoms with van der Waals surface area (Å²) in [6.45, 7) is 4.60. The number of rotatable bonds is 8. The molecule has 0 saturated heterocycles. The first-order valence-corrected chi connectivity index (χ1v) is 12.4. The molecule has 0 radical (unpaired) electrons. The molecule has 0 aliphatic heterocycles. The van der Waals surface area contributed by atoms with E-state index in [1.807, 2.05) is 12.1 Å². The molecule has 0 bridgehead atoms. The molecule has 5 rings (SSSR count). The van der Waals surface area contributed by atoms with Gasteiger partial charge in [0.25, 0.3) is 5.56 Å². The maximum atomic E-state index is 13.2. The number of hydrogen-bond donors (Lipinski definition) is 1. The van der Waals surface area contributed by atoms with E-state index in [9.17, 15) is 9.59 Å². The number of carbonyl (C=O) groups excluding carboxylic acids is 1. The van der Waals surface area contributed by atoms with Gasteiger partial charge >= 0.3 is 5.91 Å². The monoisotopic (exact) mass is 524 g/mol. The molecule has 0 saturated carbocycles. The Kier molecular flexibility index (Phi) is 6.45. The van der Waals surface area contributed by atoms with Gasteiger partial charge in [-0.2, -0.15) is 9.78 Å². The van der Waals surface area contributed by atoms with Crippen molar-refractivity contribution in [3.63, 3.8) is 0 Å². The second-order valence-electron chi connectivity index (χ2n) is 7.32. The molecule has 0 unspecified atom stereocenters. The van der Waals surface area contributed by atoms with Gasteiger partial charge in [0.15, 0.2) is 5.01 Å². The van der Waals surface area contributed by atoms with E-state index in [0.29, 0.717) is 38.7 Å². The Bertz CT molecular complexity index is 1550. The Morgan fingerprint density at radius 3 is 2.86 bits per heavy atom. The van der Waals surface area contributed by atoms with Gasteiger partial charge in [0.1, 0.15) is 12.1 Å². The highest BCUT2D eigenvalue weighted by atomic mass is 35.5. The number of hydrogen-bond acceptors (Lipinski definition) is 9. The van der Waals surface area contributed by atoms with Gasteiger partial charge in [-0.3, -0.25) is 9.59 Å². The average molecular weight is 525 g/mol. The topological polar surface area (TPSA) is 108 Å². The molecule has 5 heterocycles. The van der Waals surface area contributed by atoms with Gasteiger partial charge in [-0.25, -0.2) is 4.98 Å². The van der Waals surface area contributed by atoms with E-state index in [1.54, 1.807) is 40.5 Å². The molecular formula is C23H17ClN6O3S2. The maximum Gasteiger partial charge on any atom is 0.309 e. The predicted molar refractivity (Wildman–Crippen MR) is 136 cm³/mol. The van der Waals surface area contributed by atoms with Crippen LogP contribution in [0.1, 0.15) is 25.9 Å². The zero-order valence-corrected chi connectivity index (χ0v) is 20.4.